The Morgan fingerprint density at radius 2 is 2.10 bits per heavy atom. The van der Waals surface area contributed by atoms with Crippen LogP contribution in [0.15, 0.2) is 28.1 Å². The molecule has 2 N–H and O–H groups in total. The SMILES string of the molecule is CC(C)(C)OC(=O)S1(N)C=Nc2c(OC=O)cccc21. The maximum absolute atomic E-state index is 12.3. The summed E-state index contributed by atoms with van der Waals surface area (Å²) in [5.41, 5.74) is 1.16. The molecule has 1 aromatic rings. The van der Waals surface area contributed by atoms with Gasteiger partial charge < -0.3 is 9.47 Å². The van der Waals surface area contributed by atoms with Gasteiger partial charge in [0.05, 0.1) is 5.55 Å². The van der Waals surface area contributed by atoms with Crippen molar-refractivity contribution in [2.45, 2.75) is 31.3 Å². The second-order valence-electron chi connectivity index (χ2n) is 5.23. The molecule has 1 atom stereocenters. The summed E-state index contributed by atoms with van der Waals surface area (Å²) in [7, 11) is -2.46. The van der Waals surface area contributed by atoms with Crippen LogP contribution in [0.4, 0.5) is 10.5 Å². The fourth-order valence-corrected chi connectivity index (χ4v) is 3.51. The average molecular weight is 296 g/mol. The standard InChI is InChI=1S/C13H16N2O4S/c1-13(2,3)19-12(17)20(14)7-15-11-9(18-8-16)5-4-6-10(11)20/h4-8H,14H2,1-3H3. The highest BCUT2D eigenvalue weighted by Crippen LogP contribution is 2.59. The number of nitrogens with two attached hydrogens (primary N) is 1. The van der Waals surface area contributed by atoms with Gasteiger partial charge in [-0.25, -0.2) is 9.79 Å². The molecule has 0 fully saturated rings. The highest BCUT2D eigenvalue weighted by atomic mass is 32.3. The maximum atomic E-state index is 12.3. The second-order valence-corrected chi connectivity index (χ2v) is 7.63. The second kappa shape index (κ2) is 4.92. The predicted molar refractivity (Wildman–Crippen MR) is 77.6 cm³/mol. The van der Waals surface area contributed by atoms with Crippen LogP contribution in [0, 0.1) is 0 Å². The van der Waals surface area contributed by atoms with Gasteiger partial charge in [-0.3, -0.25) is 9.93 Å². The molecule has 0 saturated carbocycles. The van der Waals surface area contributed by atoms with E-state index in [4.69, 9.17) is 14.6 Å². The molecule has 0 spiro atoms. The van der Waals surface area contributed by atoms with Crippen LogP contribution < -0.4 is 9.88 Å². The Hall–Kier alpha value is -1.86. The molecular formula is C13H16N2O4S. The van der Waals surface area contributed by atoms with Gasteiger partial charge in [-0.15, -0.1) is 0 Å². The van der Waals surface area contributed by atoms with Gasteiger partial charge in [0.15, 0.2) is 5.75 Å². The lowest BCUT2D eigenvalue weighted by atomic mass is 10.2. The molecule has 1 heterocycles. The highest BCUT2D eigenvalue weighted by Gasteiger charge is 2.39. The molecule has 0 bridgehead atoms. The largest absolute Gasteiger partial charge is 0.452 e. The summed E-state index contributed by atoms with van der Waals surface area (Å²) in [6.45, 7) is 5.62. The van der Waals surface area contributed by atoms with Gasteiger partial charge in [0.2, 0.25) is 0 Å². The minimum atomic E-state index is -2.46. The molecule has 20 heavy (non-hydrogen) atoms. The summed E-state index contributed by atoms with van der Waals surface area (Å²) in [6.07, 6.45) is 0. The van der Waals surface area contributed by atoms with Crippen LogP contribution in [0.5, 0.6) is 5.75 Å². The van der Waals surface area contributed by atoms with E-state index in [-0.39, 0.29) is 5.75 Å². The van der Waals surface area contributed by atoms with Crippen LogP contribution in [0.1, 0.15) is 20.8 Å². The molecule has 1 aromatic carbocycles. The minimum Gasteiger partial charge on any atom is -0.452 e. The first-order chi connectivity index (χ1) is 9.28. The number of carbonyl (C=O) groups is 2. The first-order valence-corrected chi connectivity index (χ1v) is 7.65. The molecular weight excluding hydrogens is 280 g/mol. The van der Waals surface area contributed by atoms with E-state index in [1.807, 2.05) is 0 Å². The van der Waals surface area contributed by atoms with Crippen molar-refractivity contribution in [2.24, 2.45) is 10.1 Å². The van der Waals surface area contributed by atoms with Crippen molar-refractivity contribution in [3.63, 3.8) is 0 Å². The molecule has 108 valence electrons. The predicted octanol–water partition coefficient (Wildman–Crippen LogP) is 2.87. The lowest BCUT2D eigenvalue weighted by molar-refractivity contribution is -0.120. The van der Waals surface area contributed by atoms with Gasteiger partial charge in [-0.05, 0) is 43.1 Å². The molecule has 0 aliphatic carbocycles. The van der Waals surface area contributed by atoms with Gasteiger partial charge in [0, 0.05) is 4.90 Å². The Kier molecular flexibility index (Phi) is 3.58. The van der Waals surface area contributed by atoms with E-state index >= 15 is 0 Å². The van der Waals surface area contributed by atoms with Crippen LogP contribution >= 0.6 is 10.2 Å². The molecule has 2 rings (SSSR count). The van der Waals surface area contributed by atoms with Crippen LogP contribution in [-0.2, 0) is 9.53 Å². The smallest absolute Gasteiger partial charge is 0.371 e. The highest BCUT2D eigenvalue weighted by molar-refractivity contribution is 8.53. The van der Waals surface area contributed by atoms with E-state index in [2.05, 4.69) is 4.99 Å². The summed E-state index contributed by atoms with van der Waals surface area (Å²) in [6, 6.07) is 4.94. The summed E-state index contributed by atoms with van der Waals surface area (Å²) >= 11 is 0. The van der Waals surface area contributed by atoms with E-state index < -0.39 is 21.1 Å². The van der Waals surface area contributed by atoms with Gasteiger partial charge >= 0.3 is 5.30 Å². The van der Waals surface area contributed by atoms with Crippen molar-refractivity contribution in [1.29, 1.82) is 0 Å². The number of nitrogens with zero attached hydrogens (tertiary/aromatic N) is 1. The lowest BCUT2D eigenvalue weighted by Crippen LogP contribution is -2.29. The van der Waals surface area contributed by atoms with Gasteiger partial charge in [-0.2, -0.15) is 0 Å². The molecule has 0 saturated heterocycles. The van der Waals surface area contributed by atoms with E-state index in [1.165, 1.54) is 5.55 Å². The van der Waals surface area contributed by atoms with E-state index in [0.29, 0.717) is 17.1 Å². The topological polar surface area (TPSA) is 91.0 Å². The lowest BCUT2D eigenvalue weighted by Gasteiger charge is -2.30. The Morgan fingerprint density at radius 3 is 2.70 bits per heavy atom. The quantitative estimate of drug-likeness (QED) is 0.669. The van der Waals surface area contributed by atoms with Gasteiger partial charge in [-0.1, -0.05) is 6.07 Å². The van der Waals surface area contributed by atoms with Crippen molar-refractivity contribution in [1.82, 2.24) is 0 Å². The normalized spacial score (nSPS) is 23.6. The van der Waals surface area contributed by atoms with E-state index in [9.17, 15) is 9.59 Å². The third-order valence-corrected chi connectivity index (χ3v) is 4.64. The minimum absolute atomic E-state index is 0.275. The van der Waals surface area contributed by atoms with Crippen molar-refractivity contribution in [3.8, 4) is 5.75 Å². The number of hydrogen-bond donors (Lipinski definition) is 1. The summed E-state index contributed by atoms with van der Waals surface area (Å²) in [4.78, 5) is 27.4. The molecule has 1 aliphatic rings. The molecule has 0 amide bonds. The molecule has 6 nitrogen and oxygen atoms in total. The van der Waals surface area contributed by atoms with Crippen LogP contribution in [0.3, 0.4) is 0 Å². The van der Waals surface area contributed by atoms with E-state index in [1.54, 1.807) is 39.0 Å². The Balaban J connectivity index is 2.40. The summed E-state index contributed by atoms with van der Waals surface area (Å²) in [5.74, 6) is 0.275. The van der Waals surface area contributed by atoms with Crippen molar-refractivity contribution >= 4 is 33.2 Å². The number of benzene rings is 1. The Morgan fingerprint density at radius 1 is 1.40 bits per heavy atom. The van der Waals surface area contributed by atoms with Crippen molar-refractivity contribution in [3.05, 3.63) is 18.2 Å². The number of aliphatic imine (C=N–C) groups is 1. The van der Waals surface area contributed by atoms with Crippen LogP contribution in [-0.4, -0.2) is 22.9 Å². The maximum Gasteiger partial charge on any atom is 0.371 e. The number of hydrogen-bond acceptors (Lipinski definition) is 6. The fraction of sp³-hybridized carbons (Fsp3) is 0.308. The number of fused-ring (bicyclic) bond motifs is 1. The number of carbonyl (C=O) groups excluding carboxylic acids is 2. The number of para-hydroxylation sites is 1. The summed E-state index contributed by atoms with van der Waals surface area (Å²) in [5, 5.41) is 5.68. The molecule has 0 radical (unpaired) electrons. The van der Waals surface area contributed by atoms with Gasteiger partial charge in [0.25, 0.3) is 6.47 Å². The molecule has 7 heteroatoms. The van der Waals surface area contributed by atoms with Crippen molar-refractivity contribution in [2.75, 3.05) is 0 Å². The molecule has 1 unspecified atom stereocenters. The number of rotatable bonds is 2. The average Bonchev–Trinajstić information content (AvgIpc) is 2.68. The Labute approximate surface area is 118 Å². The monoisotopic (exact) mass is 296 g/mol. The van der Waals surface area contributed by atoms with Crippen LogP contribution in [0.2, 0.25) is 0 Å². The zero-order valence-electron chi connectivity index (χ0n) is 11.5. The van der Waals surface area contributed by atoms with Crippen molar-refractivity contribution < 1.29 is 19.1 Å². The number of ether oxygens (including phenoxy) is 2. The zero-order valence-corrected chi connectivity index (χ0v) is 12.3. The van der Waals surface area contributed by atoms with Crippen LogP contribution in [0.25, 0.3) is 0 Å². The zero-order chi connectivity index (χ0) is 15.0. The third-order valence-electron chi connectivity index (χ3n) is 2.51. The van der Waals surface area contributed by atoms with Gasteiger partial charge in [0.1, 0.15) is 11.3 Å². The Bertz CT molecular complexity index is 595. The third kappa shape index (κ3) is 2.54. The first kappa shape index (κ1) is 14.5. The fourth-order valence-electron chi connectivity index (χ4n) is 1.69. The molecule has 0 aromatic heterocycles. The first-order valence-electron chi connectivity index (χ1n) is 5.89. The van der Waals surface area contributed by atoms with E-state index in [0.717, 1.165) is 0 Å². The summed E-state index contributed by atoms with van der Waals surface area (Å²) < 4.78 is 10.2. The molecule has 1 aliphatic heterocycles.